The van der Waals surface area contributed by atoms with Gasteiger partial charge in [-0.2, -0.15) is 0 Å². The van der Waals surface area contributed by atoms with Crippen LogP contribution in [0.2, 0.25) is 0 Å². The lowest BCUT2D eigenvalue weighted by Gasteiger charge is -2.47. The van der Waals surface area contributed by atoms with E-state index in [0.29, 0.717) is 10.8 Å². The number of hydrogen-bond acceptors (Lipinski definition) is 0. The maximum Gasteiger partial charge on any atom is -0.0166 e. The molecule has 0 amide bonds. The molecule has 0 aromatic rings. The lowest BCUT2D eigenvalue weighted by molar-refractivity contribution is 0.0443. The molecule has 0 aliphatic heterocycles. The van der Waals surface area contributed by atoms with Crippen molar-refractivity contribution in [3.63, 3.8) is 0 Å². The van der Waals surface area contributed by atoms with Gasteiger partial charge >= 0.3 is 0 Å². The van der Waals surface area contributed by atoms with Gasteiger partial charge in [-0.25, -0.2) is 0 Å². The smallest absolute Gasteiger partial charge is 0.0166 e. The molecule has 2 atom stereocenters. The second-order valence-electron chi connectivity index (χ2n) is 5.42. The zero-order valence-electron chi connectivity index (χ0n) is 9.43. The Kier molecular flexibility index (Phi) is 1.87. The summed E-state index contributed by atoms with van der Waals surface area (Å²) >= 11 is 0. The molecule has 0 nitrogen and oxygen atoms in total. The summed E-state index contributed by atoms with van der Waals surface area (Å²) in [6.07, 6.45) is 9.08. The highest BCUT2D eigenvalue weighted by atomic mass is 14.6. The van der Waals surface area contributed by atoms with Gasteiger partial charge in [0.1, 0.15) is 0 Å². The molecular weight excluding hydrogens is 156 g/mol. The third-order valence-electron chi connectivity index (χ3n) is 5.27. The fourth-order valence-corrected chi connectivity index (χ4v) is 4.18. The van der Waals surface area contributed by atoms with Crippen LogP contribution >= 0.6 is 0 Å². The first-order valence-electron chi connectivity index (χ1n) is 5.77. The Bertz CT molecular complexity index is 230. The van der Waals surface area contributed by atoms with Gasteiger partial charge in [-0.05, 0) is 41.9 Å². The summed E-state index contributed by atoms with van der Waals surface area (Å²) in [4.78, 5) is 0. The highest BCUT2D eigenvalue weighted by Crippen LogP contribution is 2.66. The van der Waals surface area contributed by atoms with E-state index >= 15 is 0 Å². The maximum atomic E-state index is 2.49. The van der Waals surface area contributed by atoms with E-state index < -0.39 is 0 Å². The Morgan fingerprint density at radius 2 is 1.62 bits per heavy atom. The monoisotopic (exact) mass is 178 g/mol. The minimum absolute atomic E-state index is 0.538. The Morgan fingerprint density at radius 3 is 1.92 bits per heavy atom. The van der Waals surface area contributed by atoms with E-state index in [9.17, 15) is 0 Å². The van der Waals surface area contributed by atoms with E-state index in [2.05, 4.69) is 39.8 Å². The summed E-state index contributed by atoms with van der Waals surface area (Å²) in [6.45, 7) is 9.71. The van der Waals surface area contributed by atoms with Crippen LogP contribution in [0.1, 0.15) is 47.0 Å². The third kappa shape index (κ3) is 0.872. The molecule has 74 valence electrons. The van der Waals surface area contributed by atoms with Gasteiger partial charge in [0.25, 0.3) is 0 Å². The van der Waals surface area contributed by atoms with Gasteiger partial charge in [-0.3, -0.25) is 0 Å². The van der Waals surface area contributed by atoms with E-state index in [1.165, 1.54) is 19.3 Å². The topological polar surface area (TPSA) is 0 Å². The molecule has 0 aromatic heterocycles. The lowest BCUT2D eigenvalue weighted by atomic mass is 9.57. The van der Waals surface area contributed by atoms with Gasteiger partial charge in [0, 0.05) is 0 Å². The molecular formula is C13H22. The van der Waals surface area contributed by atoms with Crippen LogP contribution in [0.4, 0.5) is 0 Å². The zero-order valence-corrected chi connectivity index (χ0v) is 9.43. The molecule has 0 N–H and O–H groups in total. The fourth-order valence-electron chi connectivity index (χ4n) is 4.18. The van der Waals surface area contributed by atoms with Crippen molar-refractivity contribution < 1.29 is 0 Å². The molecule has 0 heteroatoms. The predicted octanol–water partition coefficient (Wildman–Crippen LogP) is 4.02. The van der Waals surface area contributed by atoms with Crippen LogP contribution in [-0.4, -0.2) is 0 Å². The van der Waals surface area contributed by atoms with Crippen molar-refractivity contribution in [2.24, 2.45) is 22.7 Å². The summed E-state index contributed by atoms with van der Waals surface area (Å²) in [5.41, 5.74) is 1.14. The second-order valence-corrected chi connectivity index (χ2v) is 5.42. The van der Waals surface area contributed by atoms with Gasteiger partial charge in [0.15, 0.2) is 0 Å². The van der Waals surface area contributed by atoms with Crippen molar-refractivity contribution >= 4 is 0 Å². The van der Waals surface area contributed by atoms with Crippen LogP contribution in [0.5, 0.6) is 0 Å². The Balaban J connectivity index is 2.43. The van der Waals surface area contributed by atoms with Crippen molar-refractivity contribution in [1.82, 2.24) is 0 Å². The van der Waals surface area contributed by atoms with Crippen LogP contribution in [0.3, 0.4) is 0 Å². The molecule has 2 aliphatic rings. The largest absolute Gasteiger partial charge is 0.0845 e. The quantitative estimate of drug-likeness (QED) is 0.560. The number of hydrogen-bond donors (Lipinski definition) is 0. The van der Waals surface area contributed by atoms with Gasteiger partial charge in [0.05, 0.1) is 0 Å². The molecule has 2 unspecified atom stereocenters. The number of fused-ring (bicyclic) bond motifs is 2. The Hall–Kier alpha value is -0.260. The first-order chi connectivity index (χ1) is 6.08. The van der Waals surface area contributed by atoms with Crippen LogP contribution < -0.4 is 0 Å². The average Bonchev–Trinajstić information content (AvgIpc) is 2.62. The summed E-state index contributed by atoms with van der Waals surface area (Å²) < 4.78 is 0. The molecule has 1 saturated carbocycles. The van der Waals surface area contributed by atoms with Crippen LogP contribution in [0, 0.1) is 22.7 Å². The predicted molar refractivity (Wildman–Crippen MR) is 57.5 cm³/mol. The summed E-state index contributed by atoms with van der Waals surface area (Å²) in [5, 5.41) is 0. The van der Waals surface area contributed by atoms with E-state index in [1.54, 1.807) is 0 Å². The second kappa shape index (κ2) is 2.62. The van der Waals surface area contributed by atoms with Crippen molar-refractivity contribution in [2.75, 3.05) is 0 Å². The SMILES string of the molecule is CCC1(CC)C2C=CC(C2)C1(C)C. The summed E-state index contributed by atoms with van der Waals surface area (Å²) in [5.74, 6) is 1.74. The standard InChI is InChI=1S/C13H22/c1-5-13(6-2)11-8-7-10(9-11)12(13,3)4/h7-8,10-11H,5-6,9H2,1-4H3. The number of rotatable bonds is 2. The number of allylic oxidation sites excluding steroid dienone is 2. The van der Waals surface area contributed by atoms with E-state index in [-0.39, 0.29) is 0 Å². The van der Waals surface area contributed by atoms with Crippen molar-refractivity contribution in [1.29, 1.82) is 0 Å². The fraction of sp³-hybridized carbons (Fsp3) is 0.846. The molecule has 13 heavy (non-hydrogen) atoms. The van der Waals surface area contributed by atoms with Crippen LogP contribution in [-0.2, 0) is 0 Å². The van der Waals surface area contributed by atoms with Crippen molar-refractivity contribution in [2.45, 2.75) is 47.0 Å². The molecule has 0 heterocycles. The maximum absolute atomic E-state index is 2.49. The zero-order chi connectivity index (χ0) is 9.69. The molecule has 2 aliphatic carbocycles. The van der Waals surface area contributed by atoms with Gasteiger partial charge < -0.3 is 0 Å². The van der Waals surface area contributed by atoms with Crippen LogP contribution in [0.15, 0.2) is 12.2 Å². The molecule has 0 aromatic carbocycles. The van der Waals surface area contributed by atoms with Gasteiger partial charge in [-0.15, -0.1) is 0 Å². The highest BCUT2D eigenvalue weighted by Gasteiger charge is 2.58. The molecule has 2 bridgehead atoms. The minimum atomic E-state index is 0.538. The van der Waals surface area contributed by atoms with Crippen molar-refractivity contribution in [3.05, 3.63) is 12.2 Å². The van der Waals surface area contributed by atoms with Gasteiger partial charge in [-0.1, -0.05) is 39.8 Å². The molecule has 0 radical (unpaired) electrons. The Labute approximate surface area is 82.4 Å². The average molecular weight is 178 g/mol. The molecule has 1 fully saturated rings. The molecule has 0 spiro atoms. The summed E-state index contributed by atoms with van der Waals surface area (Å²) in [6, 6.07) is 0. The first kappa shape index (κ1) is 9.30. The van der Waals surface area contributed by atoms with Crippen LogP contribution in [0.25, 0.3) is 0 Å². The summed E-state index contributed by atoms with van der Waals surface area (Å²) in [7, 11) is 0. The van der Waals surface area contributed by atoms with E-state index in [4.69, 9.17) is 0 Å². The van der Waals surface area contributed by atoms with Crippen molar-refractivity contribution in [3.8, 4) is 0 Å². The minimum Gasteiger partial charge on any atom is -0.0845 e. The van der Waals surface area contributed by atoms with E-state index in [1.807, 2.05) is 0 Å². The highest BCUT2D eigenvalue weighted by molar-refractivity contribution is 5.22. The Morgan fingerprint density at radius 1 is 1.08 bits per heavy atom. The van der Waals surface area contributed by atoms with E-state index in [0.717, 1.165) is 11.8 Å². The molecule has 2 rings (SSSR count). The van der Waals surface area contributed by atoms with Gasteiger partial charge in [0.2, 0.25) is 0 Å². The molecule has 0 saturated heterocycles. The normalized spacial score (nSPS) is 38.5. The lowest BCUT2D eigenvalue weighted by Crippen LogP contribution is -2.40. The first-order valence-corrected chi connectivity index (χ1v) is 5.77. The third-order valence-corrected chi connectivity index (χ3v) is 5.27.